The number of fused-ring (bicyclic) bond motifs is 1. The van der Waals surface area contributed by atoms with Gasteiger partial charge in [-0.05, 0) is 50.3 Å². The lowest BCUT2D eigenvalue weighted by Gasteiger charge is -2.08. The van der Waals surface area contributed by atoms with Crippen molar-refractivity contribution in [3.63, 3.8) is 0 Å². The van der Waals surface area contributed by atoms with E-state index in [0.717, 1.165) is 38.6 Å². The number of hydrogen-bond acceptors (Lipinski definition) is 2. The van der Waals surface area contributed by atoms with Crippen LogP contribution in [-0.2, 0) is 18.3 Å². The molecule has 3 heteroatoms. The third-order valence-electron chi connectivity index (χ3n) is 4.49. The molecule has 1 N–H and O–H groups in total. The molecule has 0 spiro atoms. The highest BCUT2D eigenvalue weighted by molar-refractivity contribution is 5.85. The predicted octanol–water partition coefficient (Wildman–Crippen LogP) is 3.39. The molecule has 0 aliphatic heterocycles. The minimum absolute atomic E-state index is 0.872. The van der Waals surface area contributed by atoms with Gasteiger partial charge in [0.05, 0.1) is 0 Å². The van der Waals surface area contributed by atoms with Gasteiger partial charge in [0.1, 0.15) is 0 Å². The molecular weight excluding hydrogens is 260 g/mol. The van der Waals surface area contributed by atoms with Crippen molar-refractivity contribution >= 4 is 10.9 Å². The van der Waals surface area contributed by atoms with Crippen LogP contribution in [0.3, 0.4) is 0 Å². The third kappa shape index (κ3) is 3.47. The Bertz CT molecular complexity index is 560. The van der Waals surface area contributed by atoms with E-state index in [1.165, 1.54) is 35.0 Å². The third-order valence-corrected chi connectivity index (χ3v) is 4.49. The second-order valence-electron chi connectivity index (χ2n) is 6.20. The highest BCUT2D eigenvalue weighted by atomic mass is 16.5. The van der Waals surface area contributed by atoms with E-state index in [2.05, 4.69) is 48.1 Å². The van der Waals surface area contributed by atoms with Gasteiger partial charge in [-0.3, -0.25) is 0 Å². The summed E-state index contributed by atoms with van der Waals surface area (Å²) in [6, 6.07) is 8.62. The van der Waals surface area contributed by atoms with Crippen LogP contribution in [0.15, 0.2) is 24.3 Å². The molecule has 0 amide bonds. The lowest BCUT2D eigenvalue weighted by Crippen LogP contribution is -2.18. The van der Waals surface area contributed by atoms with Crippen LogP contribution in [0.25, 0.3) is 10.9 Å². The van der Waals surface area contributed by atoms with Crippen molar-refractivity contribution in [1.29, 1.82) is 0 Å². The molecule has 1 heterocycles. The summed E-state index contributed by atoms with van der Waals surface area (Å²) in [6.45, 7) is 6.03. The van der Waals surface area contributed by atoms with Crippen LogP contribution in [0.2, 0.25) is 0 Å². The van der Waals surface area contributed by atoms with Crippen molar-refractivity contribution in [3.8, 4) is 0 Å². The first-order chi connectivity index (χ1) is 10.3. The lowest BCUT2D eigenvalue weighted by atomic mass is 10.1. The fourth-order valence-corrected chi connectivity index (χ4v) is 2.93. The summed E-state index contributed by atoms with van der Waals surface area (Å²) in [7, 11) is 2.16. The molecule has 1 saturated carbocycles. The van der Waals surface area contributed by atoms with E-state index in [1.807, 2.05) is 0 Å². The number of benzene rings is 1. The van der Waals surface area contributed by atoms with E-state index in [1.54, 1.807) is 0 Å². The maximum absolute atomic E-state index is 5.66. The molecule has 0 saturated heterocycles. The van der Waals surface area contributed by atoms with E-state index < -0.39 is 0 Å². The highest BCUT2D eigenvalue weighted by Gasteiger charge is 2.20. The number of hydrogen-bond donors (Lipinski definition) is 1. The van der Waals surface area contributed by atoms with Crippen LogP contribution >= 0.6 is 0 Å². The van der Waals surface area contributed by atoms with Crippen molar-refractivity contribution in [3.05, 3.63) is 35.5 Å². The first-order valence-corrected chi connectivity index (χ1v) is 8.08. The first-order valence-electron chi connectivity index (χ1n) is 8.08. The molecule has 21 heavy (non-hydrogen) atoms. The fraction of sp³-hybridized carbons (Fsp3) is 0.556. The average Bonchev–Trinajstić information content (AvgIpc) is 3.29. The molecule has 1 aromatic heterocycles. The van der Waals surface area contributed by atoms with Gasteiger partial charge in [-0.1, -0.05) is 18.2 Å². The molecule has 1 aliphatic rings. The van der Waals surface area contributed by atoms with E-state index in [4.69, 9.17) is 4.74 Å². The molecular formula is C18H26N2O. The Morgan fingerprint density at radius 1 is 1.29 bits per heavy atom. The number of ether oxygens (including phenoxy) is 1. The van der Waals surface area contributed by atoms with Crippen LogP contribution in [0.4, 0.5) is 0 Å². The summed E-state index contributed by atoms with van der Waals surface area (Å²) in [5.74, 6) is 0.872. The molecule has 114 valence electrons. The second-order valence-corrected chi connectivity index (χ2v) is 6.20. The van der Waals surface area contributed by atoms with Crippen LogP contribution in [0.5, 0.6) is 0 Å². The van der Waals surface area contributed by atoms with Gasteiger partial charge in [0.2, 0.25) is 0 Å². The minimum atomic E-state index is 0.872. The zero-order valence-corrected chi connectivity index (χ0v) is 13.2. The lowest BCUT2D eigenvalue weighted by molar-refractivity contribution is 0.122. The van der Waals surface area contributed by atoms with E-state index >= 15 is 0 Å². The van der Waals surface area contributed by atoms with Crippen LogP contribution < -0.4 is 5.32 Å². The second kappa shape index (κ2) is 6.63. The van der Waals surface area contributed by atoms with Crippen molar-refractivity contribution in [1.82, 2.24) is 9.88 Å². The van der Waals surface area contributed by atoms with Gasteiger partial charge in [-0.15, -0.1) is 0 Å². The van der Waals surface area contributed by atoms with E-state index in [0.29, 0.717) is 0 Å². The average molecular weight is 286 g/mol. The molecule has 1 aromatic carbocycles. The summed E-state index contributed by atoms with van der Waals surface area (Å²) in [4.78, 5) is 0. The van der Waals surface area contributed by atoms with Gasteiger partial charge in [-0.25, -0.2) is 0 Å². The summed E-state index contributed by atoms with van der Waals surface area (Å²) < 4.78 is 7.97. The zero-order chi connectivity index (χ0) is 14.7. The number of nitrogens with one attached hydrogen (secondary N) is 1. The van der Waals surface area contributed by atoms with Gasteiger partial charge in [0.15, 0.2) is 0 Å². The molecule has 0 unspecified atom stereocenters. The Hall–Kier alpha value is -1.32. The highest BCUT2D eigenvalue weighted by Crippen LogP contribution is 2.28. The Morgan fingerprint density at radius 2 is 2.10 bits per heavy atom. The largest absolute Gasteiger partial charge is 0.381 e. The fourth-order valence-electron chi connectivity index (χ4n) is 2.93. The minimum Gasteiger partial charge on any atom is -0.381 e. The van der Waals surface area contributed by atoms with Crippen molar-refractivity contribution in [2.75, 3.05) is 19.8 Å². The Kier molecular flexibility index (Phi) is 4.61. The SMILES string of the molecule is Cc1c(CNCCCOCC2CC2)n(C)c2ccccc12. The Morgan fingerprint density at radius 3 is 2.86 bits per heavy atom. The maximum atomic E-state index is 5.66. The van der Waals surface area contributed by atoms with E-state index in [9.17, 15) is 0 Å². The van der Waals surface area contributed by atoms with Gasteiger partial charge in [0.25, 0.3) is 0 Å². The van der Waals surface area contributed by atoms with Gasteiger partial charge >= 0.3 is 0 Å². The molecule has 0 radical (unpaired) electrons. The van der Waals surface area contributed by atoms with Crippen molar-refractivity contribution in [2.24, 2.45) is 13.0 Å². The zero-order valence-electron chi connectivity index (χ0n) is 13.2. The molecule has 0 atom stereocenters. The summed E-state index contributed by atoms with van der Waals surface area (Å²) in [5.41, 5.74) is 4.10. The van der Waals surface area contributed by atoms with Crippen LogP contribution in [0, 0.1) is 12.8 Å². The maximum Gasteiger partial charge on any atom is 0.0494 e. The quantitative estimate of drug-likeness (QED) is 0.753. The number of para-hydroxylation sites is 1. The summed E-state index contributed by atoms with van der Waals surface area (Å²) in [5, 5.41) is 4.91. The van der Waals surface area contributed by atoms with Gasteiger partial charge in [-0.2, -0.15) is 0 Å². The smallest absolute Gasteiger partial charge is 0.0494 e. The molecule has 3 nitrogen and oxygen atoms in total. The normalized spacial score (nSPS) is 15.0. The van der Waals surface area contributed by atoms with Crippen molar-refractivity contribution < 1.29 is 4.74 Å². The molecule has 1 fully saturated rings. The Labute approximate surface area is 127 Å². The molecule has 0 bridgehead atoms. The van der Waals surface area contributed by atoms with Gasteiger partial charge < -0.3 is 14.6 Å². The number of aryl methyl sites for hydroxylation is 2. The van der Waals surface area contributed by atoms with Gasteiger partial charge in [0, 0.05) is 43.4 Å². The predicted molar refractivity (Wildman–Crippen MR) is 87.5 cm³/mol. The summed E-state index contributed by atoms with van der Waals surface area (Å²) >= 11 is 0. The molecule has 1 aliphatic carbocycles. The first kappa shape index (κ1) is 14.6. The topological polar surface area (TPSA) is 26.2 Å². The number of aromatic nitrogens is 1. The van der Waals surface area contributed by atoms with Crippen molar-refractivity contribution in [2.45, 2.75) is 32.7 Å². The standard InChI is InChI=1S/C18H26N2O/c1-14-16-6-3-4-7-17(16)20(2)18(14)12-19-10-5-11-21-13-15-8-9-15/h3-4,6-7,15,19H,5,8-13H2,1-2H3. The Balaban J connectivity index is 1.46. The monoisotopic (exact) mass is 286 g/mol. The molecule has 2 aromatic rings. The summed E-state index contributed by atoms with van der Waals surface area (Å²) in [6.07, 6.45) is 3.84. The number of nitrogens with zero attached hydrogens (tertiary/aromatic N) is 1. The number of rotatable bonds is 8. The van der Waals surface area contributed by atoms with Crippen LogP contribution in [0.1, 0.15) is 30.5 Å². The van der Waals surface area contributed by atoms with Crippen LogP contribution in [-0.4, -0.2) is 24.3 Å². The molecule has 3 rings (SSSR count). The van der Waals surface area contributed by atoms with E-state index in [-0.39, 0.29) is 0 Å².